The lowest BCUT2D eigenvalue weighted by atomic mass is 10.2. The topological polar surface area (TPSA) is 51.2 Å². The van der Waals surface area contributed by atoms with Gasteiger partial charge in [0, 0.05) is 16.4 Å². The van der Waals surface area contributed by atoms with Crippen LogP contribution in [0.3, 0.4) is 0 Å². The molecule has 0 aliphatic carbocycles. The first kappa shape index (κ1) is 13.5. The summed E-state index contributed by atoms with van der Waals surface area (Å²) in [6.45, 7) is 1.99. The maximum Gasteiger partial charge on any atom is 0.261 e. The van der Waals surface area contributed by atoms with E-state index in [0.29, 0.717) is 17.1 Å². The molecule has 0 aliphatic heterocycles. The molecule has 0 aliphatic rings. The molecule has 0 saturated heterocycles. The Morgan fingerprint density at radius 2 is 2.16 bits per heavy atom. The van der Waals surface area contributed by atoms with E-state index in [2.05, 4.69) is 26.2 Å². The molecule has 0 unspecified atom stereocenters. The number of pyridine rings is 1. The van der Waals surface area contributed by atoms with Crippen LogP contribution in [0.15, 0.2) is 41.0 Å². The molecule has 1 amide bonds. The minimum Gasteiger partial charge on any atom is -0.480 e. The van der Waals surface area contributed by atoms with Gasteiger partial charge in [0.1, 0.15) is 5.56 Å². The fourth-order valence-corrected chi connectivity index (χ4v) is 1.97. The molecular weight excluding hydrogens is 308 g/mol. The van der Waals surface area contributed by atoms with E-state index >= 15 is 0 Å². The molecule has 1 aromatic heterocycles. The molecule has 0 bridgehead atoms. The van der Waals surface area contributed by atoms with E-state index in [-0.39, 0.29) is 5.91 Å². The highest BCUT2D eigenvalue weighted by Crippen LogP contribution is 2.22. The van der Waals surface area contributed by atoms with Crippen molar-refractivity contribution in [3.05, 3.63) is 52.1 Å². The first-order valence-corrected chi connectivity index (χ1v) is 6.47. The maximum atomic E-state index is 12.1. The zero-order chi connectivity index (χ0) is 13.8. The standard InChI is InChI=1S/C14H13BrN2O2/c1-9-5-6-10(8-12(9)15)17-13(18)11-4-3-7-16-14(11)19-2/h3-8H,1-2H3,(H,17,18). The van der Waals surface area contributed by atoms with Crippen molar-refractivity contribution in [2.75, 3.05) is 12.4 Å². The molecule has 98 valence electrons. The van der Waals surface area contributed by atoms with Crippen LogP contribution >= 0.6 is 15.9 Å². The van der Waals surface area contributed by atoms with Crippen LogP contribution in [0.5, 0.6) is 5.88 Å². The number of aryl methyl sites for hydroxylation is 1. The number of carbonyl (C=O) groups excluding carboxylic acids is 1. The van der Waals surface area contributed by atoms with Gasteiger partial charge in [-0.3, -0.25) is 4.79 Å². The van der Waals surface area contributed by atoms with Gasteiger partial charge in [0.05, 0.1) is 7.11 Å². The molecule has 5 heteroatoms. The Bertz CT molecular complexity index is 614. The normalized spacial score (nSPS) is 10.1. The van der Waals surface area contributed by atoms with Gasteiger partial charge in [-0.1, -0.05) is 22.0 Å². The zero-order valence-corrected chi connectivity index (χ0v) is 12.2. The smallest absolute Gasteiger partial charge is 0.261 e. The molecule has 4 nitrogen and oxygen atoms in total. The molecule has 0 saturated carbocycles. The number of anilines is 1. The average Bonchev–Trinajstić information content (AvgIpc) is 2.43. The van der Waals surface area contributed by atoms with Crippen LogP contribution in [0.2, 0.25) is 0 Å². The van der Waals surface area contributed by atoms with Gasteiger partial charge in [-0.2, -0.15) is 0 Å². The Balaban J connectivity index is 2.23. The second-order valence-corrected chi connectivity index (χ2v) is 4.83. The molecule has 2 rings (SSSR count). The third-order valence-corrected chi connectivity index (χ3v) is 3.49. The molecular formula is C14H13BrN2O2. The van der Waals surface area contributed by atoms with Crippen molar-refractivity contribution in [1.29, 1.82) is 0 Å². The Kier molecular flexibility index (Phi) is 4.16. The summed E-state index contributed by atoms with van der Waals surface area (Å²) in [6, 6.07) is 9.00. The van der Waals surface area contributed by atoms with E-state index in [0.717, 1.165) is 10.0 Å². The van der Waals surface area contributed by atoms with Gasteiger partial charge >= 0.3 is 0 Å². The monoisotopic (exact) mass is 320 g/mol. The van der Waals surface area contributed by atoms with E-state index in [1.807, 2.05) is 25.1 Å². The Morgan fingerprint density at radius 1 is 1.37 bits per heavy atom. The molecule has 0 radical (unpaired) electrons. The molecule has 0 atom stereocenters. The number of ether oxygens (including phenoxy) is 1. The quantitative estimate of drug-likeness (QED) is 0.942. The van der Waals surface area contributed by atoms with Crippen LogP contribution in [0.1, 0.15) is 15.9 Å². The highest BCUT2D eigenvalue weighted by Gasteiger charge is 2.13. The van der Waals surface area contributed by atoms with Gasteiger partial charge < -0.3 is 10.1 Å². The number of benzene rings is 1. The summed E-state index contributed by atoms with van der Waals surface area (Å²) in [5, 5.41) is 2.81. The number of aromatic nitrogens is 1. The van der Waals surface area contributed by atoms with Gasteiger partial charge in [0.25, 0.3) is 5.91 Å². The van der Waals surface area contributed by atoms with Gasteiger partial charge in [-0.05, 0) is 36.8 Å². The van der Waals surface area contributed by atoms with Crippen LogP contribution < -0.4 is 10.1 Å². The van der Waals surface area contributed by atoms with Crippen molar-refractivity contribution in [3.8, 4) is 5.88 Å². The highest BCUT2D eigenvalue weighted by molar-refractivity contribution is 9.10. The molecule has 0 fully saturated rings. The summed E-state index contributed by atoms with van der Waals surface area (Å²) in [7, 11) is 1.49. The Hall–Kier alpha value is -1.88. The zero-order valence-electron chi connectivity index (χ0n) is 10.6. The van der Waals surface area contributed by atoms with Crippen LogP contribution in [-0.2, 0) is 0 Å². The fourth-order valence-electron chi connectivity index (χ4n) is 1.60. The van der Waals surface area contributed by atoms with Crippen molar-refractivity contribution < 1.29 is 9.53 Å². The predicted molar refractivity (Wildman–Crippen MR) is 77.6 cm³/mol. The van der Waals surface area contributed by atoms with E-state index in [1.54, 1.807) is 18.3 Å². The minimum absolute atomic E-state index is 0.249. The first-order valence-electron chi connectivity index (χ1n) is 5.68. The number of hydrogen-bond acceptors (Lipinski definition) is 3. The van der Waals surface area contributed by atoms with Crippen molar-refractivity contribution in [1.82, 2.24) is 4.98 Å². The summed E-state index contributed by atoms with van der Waals surface area (Å²) in [6.07, 6.45) is 1.58. The second-order valence-electron chi connectivity index (χ2n) is 3.98. The Labute approximate surface area is 119 Å². The van der Waals surface area contributed by atoms with Crippen molar-refractivity contribution in [3.63, 3.8) is 0 Å². The minimum atomic E-state index is -0.249. The van der Waals surface area contributed by atoms with Crippen molar-refractivity contribution in [2.24, 2.45) is 0 Å². The van der Waals surface area contributed by atoms with Crippen LogP contribution in [-0.4, -0.2) is 18.0 Å². The fraction of sp³-hybridized carbons (Fsp3) is 0.143. The lowest BCUT2D eigenvalue weighted by Crippen LogP contribution is -2.13. The lowest BCUT2D eigenvalue weighted by molar-refractivity contribution is 0.102. The Morgan fingerprint density at radius 3 is 2.84 bits per heavy atom. The number of carbonyl (C=O) groups is 1. The van der Waals surface area contributed by atoms with Crippen molar-refractivity contribution in [2.45, 2.75) is 6.92 Å². The number of nitrogens with zero attached hydrogens (tertiary/aromatic N) is 1. The van der Waals surface area contributed by atoms with E-state index < -0.39 is 0 Å². The van der Waals surface area contributed by atoms with Gasteiger partial charge in [0.2, 0.25) is 5.88 Å². The number of rotatable bonds is 3. The van der Waals surface area contributed by atoms with Gasteiger partial charge in [0.15, 0.2) is 0 Å². The predicted octanol–water partition coefficient (Wildman–Crippen LogP) is 3.41. The van der Waals surface area contributed by atoms with Gasteiger partial charge in [-0.15, -0.1) is 0 Å². The maximum absolute atomic E-state index is 12.1. The summed E-state index contributed by atoms with van der Waals surface area (Å²) >= 11 is 3.43. The largest absolute Gasteiger partial charge is 0.480 e. The molecule has 19 heavy (non-hydrogen) atoms. The number of nitrogens with one attached hydrogen (secondary N) is 1. The van der Waals surface area contributed by atoms with E-state index in [9.17, 15) is 4.79 Å². The van der Waals surface area contributed by atoms with Crippen LogP contribution in [0.25, 0.3) is 0 Å². The highest BCUT2D eigenvalue weighted by atomic mass is 79.9. The van der Waals surface area contributed by atoms with Crippen LogP contribution in [0, 0.1) is 6.92 Å². The van der Waals surface area contributed by atoms with Crippen LogP contribution in [0.4, 0.5) is 5.69 Å². The van der Waals surface area contributed by atoms with E-state index in [4.69, 9.17) is 4.74 Å². The van der Waals surface area contributed by atoms with E-state index in [1.165, 1.54) is 7.11 Å². The molecule has 1 N–H and O–H groups in total. The molecule has 1 aromatic carbocycles. The molecule has 2 aromatic rings. The third-order valence-electron chi connectivity index (χ3n) is 2.64. The number of halogens is 1. The summed E-state index contributed by atoms with van der Waals surface area (Å²) in [4.78, 5) is 16.1. The van der Waals surface area contributed by atoms with Gasteiger partial charge in [-0.25, -0.2) is 4.98 Å². The SMILES string of the molecule is COc1ncccc1C(=O)Nc1ccc(C)c(Br)c1. The molecule has 0 spiro atoms. The lowest BCUT2D eigenvalue weighted by Gasteiger charge is -2.09. The summed E-state index contributed by atoms with van der Waals surface area (Å²) in [5.74, 6) is 0.0619. The summed E-state index contributed by atoms with van der Waals surface area (Å²) in [5.41, 5.74) is 2.23. The number of amides is 1. The molecule has 1 heterocycles. The van der Waals surface area contributed by atoms with Crippen molar-refractivity contribution >= 4 is 27.5 Å². The first-order chi connectivity index (χ1) is 9.11. The third kappa shape index (κ3) is 3.12. The average molecular weight is 321 g/mol. The second kappa shape index (κ2) is 5.84. The summed E-state index contributed by atoms with van der Waals surface area (Å²) < 4.78 is 6.01. The number of methoxy groups -OCH3 is 1. The number of hydrogen-bond donors (Lipinski definition) is 1.